The number of nitrogens with one attached hydrogen (secondary N) is 1. The summed E-state index contributed by atoms with van der Waals surface area (Å²) in [6.45, 7) is -2.94. The van der Waals surface area contributed by atoms with Gasteiger partial charge in [-0.1, -0.05) is 11.6 Å². The van der Waals surface area contributed by atoms with Crippen molar-refractivity contribution >= 4 is 34.5 Å². The van der Waals surface area contributed by atoms with Gasteiger partial charge in [0.05, 0.1) is 10.6 Å². The van der Waals surface area contributed by atoms with Crippen molar-refractivity contribution in [1.82, 2.24) is 0 Å². The van der Waals surface area contributed by atoms with Gasteiger partial charge in [-0.2, -0.15) is 20.1 Å². The maximum absolute atomic E-state index is 12.0. The van der Waals surface area contributed by atoms with Crippen LogP contribution >= 0.6 is 22.9 Å². The van der Waals surface area contributed by atoms with Crippen LogP contribution in [-0.2, 0) is 0 Å². The Balaban J connectivity index is 2.10. The lowest BCUT2D eigenvalue weighted by atomic mass is 10.2. The van der Waals surface area contributed by atoms with Gasteiger partial charge >= 0.3 is 6.61 Å². The van der Waals surface area contributed by atoms with Crippen LogP contribution in [0.2, 0.25) is 5.02 Å². The summed E-state index contributed by atoms with van der Waals surface area (Å²) >= 11 is 7.17. The molecule has 0 aliphatic heterocycles. The second-order valence-electron chi connectivity index (χ2n) is 3.49. The van der Waals surface area contributed by atoms with E-state index in [4.69, 9.17) is 11.6 Å². The molecule has 0 bridgehead atoms. The van der Waals surface area contributed by atoms with Gasteiger partial charge in [-0.3, -0.25) is 4.79 Å². The van der Waals surface area contributed by atoms with Gasteiger partial charge in [-0.15, -0.1) is 0 Å². The van der Waals surface area contributed by atoms with E-state index in [1.807, 2.05) is 0 Å². The zero-order chi connectivity index (χ0) is 13.8. The quantitative estimate of drug-likeness (QED) is 0.916. The number of hydrogen-bond acceptors (Lipinski definition) is 3. The number of alkyl halides is 2. The second-order valence-corrected chi connectivity index (χ2v) is 4.68. The molecule has 1 aromatic heterocycles. The Morgan fingerprint density at radius 3 is 2.74 bits per heavy atom. The van der Waals surface area contributed by atoms with Gasteiger partial charge in [0.25, 0.3) is 5.91 Å². The van der Waals surface area contributed by atoms with Crippen molar-refractivity contribution < 1.29 is 18.3 Å². The number of rotatable bonds is 4. The van der Waals surface area contributed by atoms with Gasteiger partial charge in [0.15, 0.2) is 0 Å². The minimum atomic E-state index is -2.94. The van der Waals surface area contributed by atoms with Gasteiger partial charge < -0.3 is 10.1 Å². The van der Waals surface area contributed by atoms with Gasteiger partial charge in [0, 0.05) is 11.1 Å². The van der Waals surface area contributed by atoms with Crippen LogP contribution in [0.5, 0.6) is 5.75 Å². The summed E-state index contributed by atoms with van der Waals surface area (Å²) in [4.78, 5) is 11.8. The van der Waals surface area contributed by atoms with E-state index in [1.54, 1.807) is 16.8 Å². The zero-order valence-electron chi connectivity index (χ0n) is 9.40. The van der Waals surface area contributed by atoms with Crippen molar-refractivity contribution in [3.8, 4) is 5.75 Å². The van der Waals surface area contributed by atoms with Crippen molar-refractivity contribution in [2.75, 3.05) is 5.32 Å². The highest BCUT2D eigenvalue weighted by atomic mass is 35.5. The number of ether oxygens (including phenoxy) is 1. The Labute approximate surface area is 116 Å². The number of benzene rings is 1. The monoisotopic (exact) mass is 303 g/mol. The molecule has 0 fully saturated rings. The van der Waals surface area contributed by atoms with Crippen LogP contribution in [0.4, 0.5) is 14.5 Å². The predicted octanol–water partition coefficient (Wildman–Crippen LogP) is 4.26. The molecule has 1 N–H and O–H groups in total. The number of halogens is 3. The number of anilines is 1. The van der Waals surface area contributed by atoms with Crippen molar-refractivity contribution in [2.45, 2.75) is 6.61 Å². The van der Waals surface area contributed by atoms with Crippen LogP contribution in [-0.4, -0.2) is 12.5 Å². The largest absolute Gasteiger partial charge is 0.433 e. The molecule has 0 radical (unpaired) electrons. The topological polar surface area (TPSA) is 38.3 Å². The summed E-state index contributed by atoms with van der Waals surface area (Å²) in [5.74, 6) is -0.426. The highest BCUT2D eigenvalue weighted by Crippen LogP contribution is 2.29. The van der Waals surface area contributed by atoms with E-state index >= 15 is 0 Å². The first-order chi connectivity index (χ1) is 9.06. The summed E-state index contributed by atoms with van der Waals surface area (Å²) in [5.41, 5.74) is 0.928. The van der Waals surface area contributed by atoms with E-state index in [0.717, 1.165) is 0 Å². The minimum Gasteiger partial charge on any atom is -0.433 e. The molecule has 19 heavy (non-hydrogen) atoms. The molecule has 7 heteroatoms. The molecule has 1 amide bonds. The lowest BCUT2D eigenvalue weighted by Gasteiger charge is -2.09. The molecule has 1 aromatic carbocycles. The highest BCUT2D eigenvalue weighted by molar-refractivity contribution is 7.08. The molecule has 2 aromatic rings. The molecule has 0 unspecified atom stereocenters. The molecule has 0 aliphatic carbocycles. The average molecular weight is 304 g/mol. The maximum Gasteiger partial charge on any atom is 0.387 e. The van der Waals surface area contributed by atoms with Crippen molar-refractivity contribution in [3.05, 3.63) is 45.6 Å². The summed E-state index contributed by atoms with van der Waals surface area (Å²) in [7, 11) is 0. The SMILES string of the molecule is O=C(Nc1ccc(OC(F)F)c(Cl)c1)c1ccsc1. The normalized spacial score (nSPS) is 10.5. The van der Waals surface area contributed by atoms with Crippen LogP contribution in [0.25, 0.3) is 0 Å². The third-order valence-electron chi connectivity index (χ3n) is 2.19. The van der Waals surface area contributed by atoms with Crippen molar-refractivity contribution in [1.29, 1.82) is 0 Å². The number of thiophene rings is 1. The van der Waals surface area contributed by atoms with E-state index in [2.05, 4.69) is 10.1 Å². The number of hydrogen-bond donors (Lipinski definition) is 1. The summed E-state index contributed by atoms with van der Waals surface area (Å²) in [6.07, 6.45) is 0. The van der Waals surface area contributed by atoms with Gasteiger partial charge in [0.1, 0.15) is 5.75 Å². The fraction of sp³-hybridized carbons (Fsp3) is 0.0833. The Morgan fingerprint density at radius 2 is 2.16 bits per heavy atom. The Morgan fingerprint density at radius 1 is 1.37 bits per heavy atom. The number of carbonyl (C=O) groups is 1. The van der Waals surface area contributed by atoms with Crippen molar-refractivity contribution in [3.63, 3.8) is 0 Å². The first kappa shape index (κ1) is 13.8. The van der Waals surface area contributed by atoms with Crippen LogP contribution in [0.15, 0.2) is 35.0 Å². The molecule has 100 valence electrons. The summed E-state index contributed by atoms with van der Waals surface area (Å²) < 4.78 is 28.3. The first-order valence-corrected chi connectivity index (χ1v) is 6.46. The Bertz CT molecular complexity index is 575. The predicted molar refractivity (Wildman–Crippen MR) is 70.4 cm³/mol. The van der Waals surface area contributed by atoms with E-state index in [-0.39, 0.29) is 16.7 Å². The molecule has 2 rings (SSSR count). The van der Waals surface area contributed by atoms with Crippen LogP contribution < -0.4 is 10.1 Å². The molecule has 3 nitrogen and oxygen atoms in total. The minimum absolute atomic E-state index is 0.00317. The molecule has 0 saturated heterocycles. The fourth-order valence-corrected chi connectivity index (χ4v) is 2.23. The lowest BCUT2D eigenvalue weighted by Crippen LogP contribution is -2.11. The summed E-state index contributed by atoms with van der Waals surface area (Å²) in [5, 5.41) is 6.09. The van der Waals surface area contributed by atoms with E-state index < -0.39 is 6.61 Å². The Hall–Kier alpha value is -1.66. The van der Waals surface area contributed by atoms with Gasteiger partial charge in [-0.25, -0.2) is 0 Å². The van der Waals surface area contributed by atoms with E-state index in [1.165, 1.54) is 29.5 Å². The molecule has 0 atom stereocenters. The smallest absolute Gasteiger partial charge is 0.387 e. The molecular formula is C12H8ClF2NO2S. The van der Waals surface area contributed by atoms with Gasteiger partial charge in [-0.05, 0) is 29.6 Å². The molecule has 0 spiro atoms. The number of amides is 1. The van der Waals surface area contributed by atoms with E-state index in [0.29, 0.717) is 11.3 Å². The standard InChI is InChI=1S/C12H8ClF2NO2S/c13-9-5-8(1-2-10(9)18-12(14)15)16-11(17)7-3-4-19-6-7/h1-6,12H,(H,16,17). The second kappa shape index (κ2) is 5.99. The van der Waals surface area contributed by atoms with Crippen molar-refractivity contribution in [2.24, 2.45) is 0 Å². The maximum atomic E-state index is 12.0. The molecule has 0 saturated carbocycles. The third kappa shape index (κ3) is 3.65. The van der Waals surface area contributed by atoms with E-state index in [9.17, 15) is 13.6 Å². The zero-order valence-corrected chi connectivity index (χ0v) is 11.0. The first-order valence-electron chi connectivity index (χ1n) is 5.14. The molecule has 0 aliphatic rings. The van der Waals surface area contributed by atoms with Crippen LogP contribution in [0.3, 0.4) is 0 Å². The highest BCUT2D eigenvalue weighted by Gasteiger charge is 2.11. The average Bonchev–Trinajstić information content (AvgIpc) is 2.86. The van der Waals surface area contributed by atoms with Gasteiger partial charge in [0.2, 0.25) is 0 Å². The molecular weight excluding hydrogens is 296 g/mol. The fourth-order valence-electron chi connectivity index (χ4n) is 1.37. The molecule has 1 heterocycles. The lowest BCUT2D eigenvalue weighted by molar-refractivity contribution is -0.0497. The summed E-state index contributed by atoms with van der Waals surface area (Å²) in [6, 6.07) is 5.74. The van der Waals surface area contributed by atoms with Crippen LogP contribution in [0, 0.1) is 0 Å². The number of carbonyl (C=O) groups excluding carboxylic acids is 1. The van der Waals surface area contributed by atoms with Crippen LogP contribution in [0.1, 0.15) is 10.4 Å². The third-order valence-corrected chi connectivity index (χ3v) is 3.17. The Kier molecular flexibility index (Phi) is 4.34.